The van der Waals surface area contributed by atoms with Crippen LogP contribution in [0.3, 0.4) is 0 Å². The van der Waals surface area contributed by atoms with Crippen molar-refractivity contribution >= 4 is 47.1 Å². The minimum Gasteiger partial charge on any atom is -0.481 e. The highest BCUT2D eigenvalue weighted by atomic mass is 24.3. The lowest BCUT2D eigenvalue weighted by Gasteiger charge is -2.18. The fourth-order valence-corrected chi connectivity index (χ4v) is 0.714. The Balaban J connectivity index is -0.000000392. The molecule has 0 atom stereocenters. The van der Waals surface area contributed by atoms with Crippen LogP contribution in [0.5, 0.6) is 0 Å². The van der Waals surface area contributed by atoms with E-state index in [2.05, 4.69) is 0 Å². The van der Waals surface area contributed by atoms with Crippen molar-refractivity contribution in [3.05, 3.63) is 0 Å². The first kappa shape index (κ1) is 21.7. The SMILES string of the molecule is O=C(O)CC(O)(CC(=O)O)C(=O)O.O=C(O)O.[MgH2]. The number of carboxylic acids is 3. The van der Waals surface area contributed by atoms with E-state index in [0.717, 1.165) is 0 Å². The quantitative estimate of drug-likeness (QED) is 0.309. The molecule has 102 valence electrons. The van der Waals surface area contributed by atoms with Gasteiger partial charge in [-0.15, -0.1) is 0 Å². The van der Waals surface area contributed by atoms with Crippen LogP contribution in [0.1, 0.15) is 12.8 Å². The van der Waals surface area contributed by atoms with Gasteiger partial charge in [0.15, 0.2) is 5.60 Å². The molecule has 0 bridgehead atoms. The van der Waals surface area contributed by atoms with Crippen LogP contribution in [0.4, 0.5) is 4.79 Å². The molecule has 0 aliphatic carbocycles. The number of rotatable bonds is 5. The van der Waals surface area contributed by atoms with E-state index in [-0.39, 0.29) is 23.1 Å². The Hall–Kier alpha value is -1.59. The van der Waals surface area contributed by atoms with Gasteiger partial charge in [-0.2, -0.15) is 0 Å². The summed E-state index contributed by atoms with van der Waals surface area (Å²) >= 11 is 0. The van der Waals surface area contributed by atoms with Gasteiger partial charge in [0.2, 0.25) is 0 Å². The Bertz CT molecular complexity index is 304. The second-order valence-electron chi connectivity index (χ2n) is 2.76. The van der Waals surface area contributed by atoms with Crippen LogP contribution >= 0.6 is 0 Å². The molecule has 0 fully saturated rings. The zero-order chi connectivity index (χ0) is 14.2. The van der Waals surface area contributed by atoms with Crippen LogP contribution in [0.25, 0.3) is 0 Å². The van der Waals surface area contributed by atoms with Crippen LogP contribution in [0, 0.1) is 0 Å². The molecule has 0 aromatic rings. The molecule has 0 radical (unpaired) electrons. The zero-order valence-corrected chi connectivity index (χ0v) is 8.23. The van der Waals surface area contributed by atoms with Crippen molar-refractivity contribution in [2.75, 3.05) is 0 Å². The molecular formula is C7H12MgO10. The third-order valence-electron chi connectivity index (χ3n) is 1.29. The molecule has 0 spiro atoms. The van der Waals surface area contributed by atoms with Crippen molar-refractivity contribution < 1.29 is 49.8 Å². The number of carbonyl (C=O) groups is 4. The van der Waals surface area contributed by atoms with Gasteiger partial charge in [0.05, 0.1) is 12.8 Å². The summed E-state index contributed by atoms with van der Waals surface area (Å²) < 4.78 is 0. The van der Waals surface area contributed by atoms with Gasteiger partial charge in [-0.1, -0.05) is 0 Å². The first-order valence-corrected chi connectivity index (χ1v) is 3.82. The average Bonchev–Trinajstić information content (AvgIpc) is 1.98. The van der Waals surface area contributed by atoms with Gasteiger partial charge >= 0.3 is 47.1 Å². The van der Waals surface area contributed by atoms with Crippen molar-refractivity contribution in [1.82, 2.24) is 0 Å². The Morgan fingerprint density at radius 1 is 0.778 bits per heavy atom. The summed E-state index contributed by atoms with van der Waals surface area (Å²) in [5.41, 5.74) is -2.74. The molecule has 11 heteroatoms. The Labute approximate surface area is 116 Å². The summed E-state index contributed by atoms with van der Waals surface area (Å²) in [7, 11) is 0. The monoisotopic (exact) mass is 280 g/mol. The molecule has 0 aromatic carbocycles. The van der Waals surface area contributed by atoms with Crippen LogP contribution in [0.15, 0.2) is 0 Å². The maximum atomic E-state index is 10.3. The first-order valence-electron chi connectivity index (χ1n) is 3.82. The molecular weight excluding hydrogens is 268 g/mol. The Morgan fingerprint density at radius 3 is 1.11 bits per heavy atom. The number of aliphatic hydroxyl groups is 1. The largest absolute Gasteiger partial charge is 0.503 e. The number of aliphatic carboxylic acids is 3. The molecule has 0 saturated carbocycles. The molecule has 6 N–H and O–H groups in total. The van der Waals surface area contributed by atoms with Crippen LogP contribution in [-0.2, 0) is 14.4 Å². The standard InChI is InChI=1S/C6H8O7.CH2O3.Mg.2H/c7-3(8)1-6(13,5(11)12)2-4(9)10;2-1(3)4;;;/h13H,1-2H2,(H,7,8)(H,9,10)(H,11,12);(H2,2,3,4);;;. The highest BCUT2D eigenvalue weighted by molar-refractivity contribution is 5.88. The van der Waals surface area contributed by atoms with E-state index < -0.39 is 42.5 Å². The Kier molecular flexibility index (Phi) is 11.4. The number of carboxylic acid groups (broad SMARTS) is 5. The molecule has 0 aromatic heterocycles. The lowest BCUT2D eigenvalue weighted by molar-refractivity contribution is -0.170. The van der Waals surface area contributed by atoms with Crippen LogP contribution < -0.4 is 0 Å². The highest BCUT2D eigenvalue weighted by Gasteiger charge is 2.40. The lowest BCUT2D eigenvalue weighted by Crippen LogP contribution is -2.42. The molecule has 18 heavy (non-hydrogen) atoms. The van der Waals surface area contributed by atoms with E-state index in [9.17, 15) is 14.4 Å². The molecule has 0 aliphatic heterocycles. The second kappa shape index (κ2) is 9.44. The van der Waals surface area contributed by atoms with E-state index in [0.29, 0.717) is 0 Å². The van der Waals surface area contributed by atoms with Crippen LogP contribution in [-0.4, -0.2) is 83.4 Å². The number of hydrogen-bond acceptors (Lipinski definition) is 5. The zero-order valence-electron chi connectivity index (χ0n) is 8.23. The average molecular weight is 280 g/mol. The Morgan fingerprint density at radius 2 is 1.00 bits per heavy atom. The highest BCUT2D eigenvalue weighted by Crippen LogP contribution is 2.15. The van der Waals surface area contributed by atoms with E-state index in [1.165, 1.54) is 0 Å². The van der Waals surface area contributed by atoms with Gasteiger partial charge in [-0.05, 0) is 0 Å². The van der Waals surface area contributed by atoms with Crippen LogP contribution in [0.2, 0.25) is 0 Å². The van der Waals surface area contributed by atoms with E-state index in [1.54, 1.807) is 0 Å². The van der Waals surface area contributed by atoms with Crippen molar-refractivity contribution in [2.45, 2.75) is 18.4 Å². The molecule has 0 aliphatic rings. The maximum Gasteiger partial charge on any atom is 0.503 e. The summed E-state index contributed by atoms with van der Waals surface area (Å²) in [6, 6.07) is 0. The minimum absolute atomic E-state index is 0. The summed E-state index contributed by atoms with van der Waals surface area (Å²) in [6.45, 7) is 0. The predicted octanol–water partition coefficient (Wildman–Crippen LogP) is -1.94. The van der Waals surface area contributed by atoms with Crippen molar-refractivity contribution in [3.63, 3.8) is 0 Å². The van der Waals surface area contributed by atoms with E-state index in [1.807, 2.05) is 0 Å². The smallest absolute Gasteiger partial charge is 0.481 e. The van der Waals surface area contributed by atoms with Gasteiger partial charge in [-0.25, -0.2) is 9.59 Å². The van der Waals surface area contributed by atoms with Gasteiger partial charge in [-0.3, -0.25) is 9.59 Å². The lowest BCUT2D eigenvalue weighted by atomic mass is 9.96. The number of hydrogen-bond donors (Lipinski definition) is 6. The van der Waals surface area contributed by atoms with Crippen molar-refractivity contribution in [3.8, 4) is 0 Å². The van der Waals surface area contributed by atoms with Gasteiger partial charge in [0.1, 0.15) is 0 Å². The van der Waals surface area contributed by atoms with Gasteiger partial charge in [0, 0.05) is 0 Å². The molecule has 0 heterocycles. The molecule has 0 amide bonds. The topological polar surface area (TPSA) is 190 Å². The summed E-state index contributed by atoms with van der Waals surface area (Å²) in [4.78, 5) is 39.0. The van der Waals surface area contributed by atoms with Crippen molar-refractivity contribution in [2.24, 2.45) is 0 Å². The summed E-state index contributed by atoms with van der Waals surface area (Å²) in [6.07, 6.45) is -4.12. The molecule has 0 unspecified atom stereocenters. The van der Waals surface area contributed by atoms with Gasteiger partial charge in [0.25, 0.3) is 0 Å². The molecule has 0 saturated heterocycles. The first-order chi connectivity index (χ1) is 7.51. The fourth-order valence-electron chi connectivity index (χ4n) is 0.714. The van der Waals surface area contributed by atoms with Gasteiger partial charge < -0.3 is 30.6 Å². The summed E-state index contributed by atoms with van der Waals surface area (Å²) in [5, 5.41) is 47.8. The van der Waals surface area contributed by atoms with E-state index >= 15 is 0 Å². The fraction of sp³-hybridized carbons (Fsp3) is 0.429. The molecule has 0 rings (SSSR count). The van der Waals surface area contributed by atoms with E-state index in [4.69, 9.17) is 35.4 Å². The predicted molar refractivity (Wildman–Crippen MR) is 56.3 cm³/mol. The normalized spacial score (nSPS) is 9.17. The minimum atomic E-state index is -2.74. The van der Waals surface area contributed by atoms with Crippen molar-refractivity contribution in [1.29, 1.82) is 0 Å². The maximum absolute atomic E-state index is 10.3. The summed E-state index contributed by atoms with van der Waals surface area (Å²) in [5.74, 6) is -5.02. The second-order valence-corrected chi connectivity index (χ2v) is 2.76. The third kappa shape index (κ3) is 12.5. The molecule has 10 nitrogen and oxygen atoms in total. The third-order valence-corrected chi connectivity index (χ3v) is 1.29.